The van der Waals surface area contributed by atoms with Crippen LogP contribution < -0.4 is 5.32 Å². The minimum absolute atomic E-state index is 0.0459. The summed E-state index contributed by atoms with van der Waals surface area (Å²) >= 11 is 1.70. The van der Waals surface area contributed by atoms with E-state index in [-0.39, 0.29) is 17.7 Å². The molecule has 0 unspecified atom stereocenters. The van der Waals surface area contributed by atoms with Crippen molar-refractivity contribution in [3.63, 3.8) is 0 Å². The molecule has 31 heavy (non-hydrogen) atoms. The number of hydrogen-bond donors (Lipinski definition) is 1. The van der Waals surface area contributed by atoms with Crippen LogP contribution in [0.25, 0.3) is 0 Å². The average Bonchev–Trinajstić information content (AvgIpc) is 3.26. The van der Waals surface area contributed by atoms with E-state index in [9.17, 15) is 14.4 Å². The van der Waals surface area contributed by atoms with E-state index in [2.05, 4.69) is 11.4 Å². The van der Waals surface area contributed by atoms with Crippen molar-refractivity contribution in [3.05, 3.63) is 52.2 Å². The highest BCUT2D eigenvalue weighted by molar-refractivity contribution is 7.09. The first kappa shape index (κ1) is 23.0. The zero-order chi connectivity index (χ0) is 22.4. The Kier molecular flexibility index (Phi) is 7.49. The van der Waals surface area contributed by atoms with Crippen molar-refractivity contribution in [2.75, 3.05) is 31.5 Å². The maximum Gasteiger partial charge on any atom is 0.254 e. The first-order valence-corrected chi connectivity index (χ1v) is 11.6. The zero-order valence-corrected chi connectivity index (χ0v) is 19.3. The first-order valence-electron chi connectivity index (χ1n) is 10.7. The fourth-order valence-corrected chi connectivity index (χ4v) is 4.35. The van der Waals surface area contributed by atoms with Crippen molar-refractivity contribution in [3.8, 4) is 0 Å². The summed E-state index contributed by atoms with van der Waals surface area (Å²) in [4.78, 5) is 42.5. The van der Waals surface area contributed by atoms with Crippen molar-refractivity contribution >= 4 is 34.7 Å². The number of carbonyl (C=O) groups is 3. The number of rotatable bonds is 6. The third-order valence-electron chi connectivity index (χ3n) is 5.30. The number of carbonyl (C=O) groups excluding carboxylic acids is 3. The van der Waals surface area contributed by atoms with Gasteiger partial charge >= 0.3 is 0 Å². The molecule has 2 aromatic rings. The van der Waals surface area contributed by atoms with Crippen molar-refractivity contribution in [1.82, 2.24) is 9.80 Å². The van der Waals surface area contributed by atoms with Gasteiger partial charge in [0.2, 0.25) is 11.8 Å². The number of nitrogens with zero attached hydrogens (tertiary/aromatic N) is 2. The minimum Gasteiger partial charge on any atom is -0.339 e. The van der Waals surface area contributed by atoms with E-state index in [0.717, 1.165) is 12.8 Å². The molecule has 2 heterocycles. The fourth-order valence-electron chi connectivity index (χ4n) is 3.60. The van der Waals surface area contributed by atoms with Gasteiger partial charge in [0, 0.05) is 54.1 Å². The molecule has 0 atom stereocenters. The van der Waals surface area contributed by atoms with Gasteiger partial charge < -0.3 is 15.1 Å². The number of amides is 3. The van der Waals surface area contributed by atoms with Gasteiger partial charge in [-0.15, -0.1) is 11.3 Å². The zero-order valence-electron chi connectivity index (χ0n) is 18.5. The summed E-state index contributed by atoms with van der Waals surface area (Å²) in [7, 11) is 0. The van der Waals surface area contributed by atoms with Crippen LogP contribution >= 0.6 is 11.3 Å². The maximum atomic E-state index is 12.9. The van der Waals surface area contributed by atoms with E-state index in [4.69, 9.17) is 0 Å². The van der Waals surface area contributed by atoms with Gasteiger partial charge in [0.05, 0.1) is 0 Å². The van der Waals surface area contributed by atoms with Crippen LogP contribution in [0.5, 0.6) is 0 Å². The van der Waals surface area contributed by atoms with E-state index >= 15 is 0 Å². The Hall–Kier alpha value is -2.67. The summed E-state index contributed by atoms with van der Waals surface area (Å²) in [5.74, 6) is -0.00417. The van der Waals surface area contributed by atoms with Crippen LogP contribution in [0.15, 0.2) is 41.8 Å². The van der Waals surface area contributed by atoms with E-state index < -0.39 is 5.41 Å². The lowest BCUT2D eigenvalue weighted by Crippen LogP contribution is -2.53. The molecule has 3 rings (SSSR count). The van der Waals surface area contributed by atoms with Crippen LogP contribution in [0.2, 0.25) is 0 Å². The molecule has 1 aliphatic rings. The van der Waals surface area contributed by atoms with Gasteiger partial charge in [-0.2, -0.15) is 0 Å². The van der Waals surface area contributed by atoms with Gasteiger partial charge in [0.15, 0.2) is 0 Å². The Morgan fingerprint density at radius 2 is 1.71 bits per heavy atom. The molecule has 166 valence electrons. The third-order valence-corrected chi connectivity index (χ3v) is 6.23. The number of piperazine rings is 1. The van der Waals surface area contributed by atoms with Crippen molar-refractivity contribution in [1.29, 1.82) is 0 Å². The first-order chi connectivity index (χ1) is 14.7. The summed E-state index contributed by atoms with van der Waals surface area (Å²) in [6.07, 6.45) is 2.13. The third kappa shape index (κ3) is 6.40. The Balaban J connectivity index is 1.50. The molecule has 0 bridgehead atoms. The number of thiophene rings is 1. The summed E-state index contributed by atoms with van der Waals surface area (Å²) in [5.41, 5.74) is 0.767. The lowest BCUT2D eigenvalue weighted by atomic mass is 9.94. The molecule has 1 fully saturated rings. The quantitative estimate of drug-likeness (QED) is 0.736. The average molecular weight is 442 g/mol. The molecule has 6 nitrogen and oxygen atoms in total. The van der Waals surface area contributed by atoms with Gasteiger partial charge in [-0.05, 0) is 42.5 Å². The highest BCUT2D eigenvalue weighted by Gasteiger charge is 2.31. The van der Waals surface area contributed by atoms with E-state index in [1.807, 2.05) is 37.1 Å². The number of aryl methyl sites for hydroxylation is 1. The fraction of sp³-hybridized carbons (Fsp3) is 0.458. The molecular weight excluding hydrogens is 410 g/mol. The second kappa shape index (κ2) is 10.1. The number of benzene rings is 1. The minimum atomic E-state index is -0.414. The molecule has 0 spiro atoms. The van der Waals surface area contributed by atoms with Crippen molar-refractivity contribution in [2.45, 2.75) is 40.0 Å². The molecule has 0 radical (unpaired) electrons. The predicted molar refractivity (Wildman–Crippen MR) is 124 cm³/mol. The molecule has 1 N–H and O–H groups in total. The van der Waals surface area contributed by atoms with E-state index in [1.54, 1.807) is 40.5 Å². The lowest BCUT2D eigenvalue weighted by molar-refractivity contribution is -0.140. The topological polar surface area (TPSA) is 69.7 Å². The Bertz CT molecular complexity index is 910. The number of hydrogen-bond acceptors (Lipinski definition) is 4. The van der Waals surface area contributed by atoms with Crippen LogP contribution in [-0.4, -0.2) is 53.7 Å². The summed E-state index contributed by atoms with van der Waals surface area (Å²) in [5, 5.41) is 4.94. The Morgan fingerprint density at radius 3 is 2.35 bits per heavy atom. The lowest BCUT2D eigenvalue weighted by Gasteiger charge is -2.37. The number of nitrogens with one attached hydrogen (secondary N) is 1. The van der Waals surface area contributed by atoms with Gasteiger partial charge in [0.25, 0.3) is 5.91 Å². The largest absolute Gasteiger partial charge is 0.339 e. The summed E-state index contributed by atoms with van der Waals surface area (Å²) in [6, 6.07) is 11.2. The SMILES string of the molecule is CC(C)(C)C(=O)N1CCN(C(=O)c2cccc(NC(=O)CCCc3cccs3)c2)CC1. The van der Waals surface area contributed by atoms with E-state index in [1.165, 1.54) is 4.88 Å². The summed E-state index contributed by atoms with van der Waals surface area (Å²) < 4.78 is 0. The predicted octanol–water partition coefficient (Wildman–Crippen LogP) is 4.04. The van der Waals surface area contributed by atoms with Crippen LogP contribution in [0, 0.1) is 5.41 Å². The molecule has 0 saturated carbocycles. The van der Waals surface area contributed by atoms with Gasteiger partial charge in [-0.1, -0.05) is 32.9 Å². The van der Waals surface area contributed by atoms with Gasteiger partial charge in [0.1, 0.15) is 0 Å². The van der Waals surface area contributed by atoms with Crippen LogP contribution in [0.1, 0.15) is 48.8 Å². The summed E-state index contributed by atoms with van der Waals surface area (Å²) in [6.45, 7) is 7.85. The molecule has 1 aromatic carbocycles. The number of anilines is 1. The normalized spacial score (nSPS) is 14.4. The molecule has 0 aliphatic carbocycles. The smallest absolute Gasteiger partial charge is 0.254 e. The van der Waals surface area contributed by atoms with Crippen molar-refractivity contribution in [2.24, 2.45) is 5.41 Å². The van der Waals surface area contributed by atoms with Crippen molar-refractivity contribution < 1.29 is 14.4 Å². The highest BCUT2D eigenvalue weighted by Crippen LogP contribution is 2.20. The van der Waals surface area contributed by atoms with Crippen LogP contribution in [-0.2, 0) is 16.0 Å². The maximum absolute atomic E-state index is 12.9. The second-order valence-electron chi connectivity index (χ2n) is 8.90. The molecule has 7 heteroatoms. The van der Waals surface area contributed by atoms with Crippen LogP contribution in [0.3, 0.4) is 0 Å². The standard InChI is InChI=1S/C24H31N3O3S/c1-24(2,3)23(30)27-14-12-26(13-15-27)22(29)18-7-4-8-19(17-18)25-21(28)11-5-9-20-10-6-16-31-20/h4,6-8,10,16-17H,5,9,11-15H2,1-3H3,(H,25,28). The second-order valence-corrected chi connectivity index (χ2v) is 9.93. The molecular formula is C24H31N3O3S. The monoisotopic (exact) mass is 441 g/mol. The Morgan fingerprint density at radius 1 is 1.00 bits per heavy atom. The van der Waals surface area contributed by atoms with Gasteiger partial charge in [-0.3, -0.25) is 14.4 Å². The van der Waals surface area contributed by atoms with E-state index in [0.29, 0.717) is 43.9 Å². The molecule has 1 aromatic heterocycles. The molecule has 1 saturated heterocycles. The molecule has 3 amide bonds. The highest BCUT2D eigenvalue weighted by atomic mass is 32.1. The van der Waals surface area contributed by atoms with Gasteiger partial charge in [-0.25, -0.2) is 0 Å². The Labute approximate surface area is 188 Å². The van der Waals surface area contributed by atoms with Crippen LogP contribution in [0.4, 0.5) is 5.69 Å². The molecule has 1 aliphatic heterocycles.